The maximum Gasteiger partial charge on any atom is 0.137 e. The molecule has 0 bridgehead atoms. The molecule has 0 radical (unpaired) electrons. The van der Waals surface area contributed by atoms with Crippen LogP contribution in [-0.2, 0) is 0 Å². The molecule has 102 valence electrons. The molecule has 1 heterocycles. The minimum Gasteiger partial charge on any atom is -0.495 e. The van der Waals surface area contributed by atoms with E-state index in [0.717, 1.165) is 5.56 Å². The van der Waals surface area contributed by atoms with Crippen molar-refractivity contribution in [2.45, 2.75) is 4.83 Å². The van der Waals surface area contributed by atoms with E-state index in [1.165, 1.54) is 15.6 Å². The van der Waals surface area contributed by atoms with Crippen molar-refractivity contribution in [2.24, 2.45) is 0 Å². The quantitative estimate of drug-likeness (QED) is 0.512. The van der Waals surface area contributed by atoms with Crippen LogP contribution in [0.4, 0.5) is 0 Å². The standard InChI is InChI=1S/C16H12BrClOS/c1-19-14-7-6-10(8-13(14)18)16(17)12-9-20-15-5-3-2-4-11(12)15/h2-9,16H,1H3. The third kappa shape index (κ3) is 2.46. The molecule has 0 aliphatic carbocycles. The largest absolute Gasteiger partial charge is 0.495 e. The molecule has 0 amide bonds. The zero-order valence-corrected chi connectivity index (χ0v) is 13.9. The minimum absolute atomic E-state index is 0.127. The van der Waals surface area contributed by atoms with E-state index < -0.39 is 0 Å². The summed E-state index contributed by atoms with van der Waals surface area (Å²) in [5, 5.41) is 4.11. The Morgan fingerprint density at radius 2 is 2.00 bits per heavy atom. The van der Waals surface area contributed by atoms with E-state index in [-0.39, 0.29) is 4.83 Å². The topological polar surface area (TPSA) is 9.23 Å². The molecule has 1 unspecified atom stereocenters. The SMILES string of the molecule is COc1ccc(C(Br)c2csc3ccccc23)cc1Cl. The molecule has 0 saturated heterocycles. The van der Waals surface area contributed by atoms with Crippen LogP contribution in [0.15, 0.2) is 47.8 Å². The smallest absolute Gasteiger partial charge is 0.137 e. The summed E-state index contributed by atoms with van der Waals surface area (Å²) < 4.78 is 6.49. The normalized spacial score (nSPS) is 12.6. The molecule has 20 heavy (non-hydrogen) atoms. The summed E-state index contributed by atoms with van der Waals surface area (Å²) in [6.45, 7) is 0. The van der Waals surface area contributed by atoms with Gasteiger partial charge in [-0.3, -0.25) is 0 Å². The lowest BCUT2D eigenvalue weighted by Crippen LogP contribution is -1.93. The van der Waals surface area contributed by atoms with E-state index in [9.17, 15) is 0 Å². The molecule has 0 saturated carbocycles. The summed E-state index contributed by atoms with van der Waals surface area (Å²) in [6.07, 6.45) is 0. The van der Waals surface area contributed by atoms with Crippen molar-refractivity contribution >= 4 is 49.0 Å². The Bertz CT molecular complexity index is 753. The molecule has 0 spiro atoms. The molecule has 2 aromatic carbocycles. The number of fused-ring (bicyclic) bond motifs is 1. The first-order valence-electron chi connectivity index (χ1n) is 6.14. The van der Waals surface area contributed by atoms with Crippen molar-refractivity contribution in [1.29, 1.82) is 0 Å². The van der Waals surface area contributed by atoms with Gasteiger partial charge in [-0.2, -0.15) is 0 Å². The number of ether oxygens (including phenoxy) is 1. The van der Waals surface area contributed by atoms with Gasteiger partial charge in [-0.05, 0) is 40.1 Å². The minimum atomic E-state index is 0.127. The van der Waals surface area contributed by atoms with E-state index in [1.807, 2.05) is 18.2 Å². The van der Waals surface area contributed by atoms with Gasteiger partial charge in [0.1, 0.15) is 5.75 Å². The molecule has 0 fully saturated rings. The van der Waals surface area contributed by atoms with Gasteiger partial charge in [0.2, 0.25) is 0 Å². The first-order valence-corrected chi connectivity index (χ1v) is 8.31. The molecule has 0 aliphatic heterocycles. The number of benzene rings is 2. The maximum absolute atomic E-state index is 6.21. The average Bonchev–Trinajstić information content (AvgIpc) is 2.90. The Hall–Kier alpha value is -1.03. The van der Waals surface area contributed by atoms with Gasteiger partial charge in [0.25, 0.3) is 0 Å². The summed E-state index contributed by atoms with van der Waals surface area (Å²) in [5.41, 5.74) is 2.39. The van der Waals surface area contributed by atoms with Crippen molar-refractivity contribution in [1.82, 2.24) is 0 Å². The lowest BCUT2D eigenvalue weighted by atomic mass is 10.0. The number of methoxy groups -OCH3 is 1. The molecular weight excluding hydrogens is 356 g/mol. The summed E-state index contributed by atoms with van der Waals surface area (Å²) in [4.78, 5) is 0.127. The predicted octanol–water partition coefficient (Wildman–Crippen LogP) is 6.05. The highest BCUT2D eigenvalue weighted by Crippen LogP contribution is 2.40. The van der Waals surface area contributed by atoms with E-state index in [1.54, 1.807) is 18.4 Å². The van der Waals surface area contributed by atoms with Crippen LogP contribution in [0.3, 0.4) is 0 Å². The Morgan fingerprint density at radius 1 is 1.20 bits per heavy atom. The highest BCUT2D eigenvalue weighted by molar-refractivity contribution is 9.09. The van der Waals surface area contributed by atoms with Gasteiger partial charge in [-0.1, -0.05) is 51.8 Å². The van der Waals surface area contributed by atoms with Crippen LogP contribution in [0.2, 0.25) is 5.02 Å². The average molecular weight is 368 g/mol. The van der Waals surface area contributed by atoms with Crippen molar-refractivity contribution in [3.8, 4) is 5.75 Å². The third-order valence-electron chi connectivity index (χ3n) is 3.25. The molecule has 4 heteroatoms. The Balaban J connectivity index is 2.04. The van der Waals surface area contributed by atoms with E-state index in [0.29, 0.717) is 10.8 Å². The van der Waals surface area contributed by atoms with Crippen LogP contribution in [0.5, 0.6) is 5.75 Å². The molecule has 1 atom stereocenters. The van der Waals surface area contributed by atoms with Gasteiger partial charge in [-0.15, -0.1) is 11.3 Å². The monoisotopic (exact) mass is 366 g/mol. The van der Waals surface area contributed by atoms with Crippen molar-refractivity contribution in [2.75, 3.05) is 7.11 Å². The van der Waals surface area contributed by atoms with Crippen LogP contribution in [-0.4, -0.2) is 7.11 Å². The molecule has 1 aromatic heterocycles. The summed E-state index contributed by atoms with van der Waals surface area (Å²) in [7, 11) is 1.62. The predicted molar refractivity (Wildman–Crippen MR) is 90.6 cm³/mol. The Labute approximate surface area is 135 Å². The van der Waals surface area contributed by atoms with Crippen molar-refractivity contribution in [3.63, 3.8) is 0 Å². The highest BCUT2D eigenvalue weighted by atomic mass is 79.9. The molecule has 3 aromatic rings. The van der Waals surface area contributed by atoms with Crippen molar-refractivity contribution in [3.05, 3.63) is 64.0 Å². The third-order valence-corrected chi connectivity index (χ3v) is 5.55. The van der Waals surface area contributed by atoms with Gasteiger partial charge in [-0.25, -0.2) is 0 Å². The van der Waals surface area contributed by atoms with E-state index in [2.05, 4.69) is 45.6 Å². The first kappa shape index (κ1) is 13.9. The van der Waals surface area contributed by atoms with Crippen LogP contribution < -0.4 is 4.74 Å². The van der Waals surface area contributed by atoms with Gasteiger partial charge in [0, 0.05) is 4.70 Å². The highest BCUT2D eigenvalue weighted by Gasteiger charge is 2.16. The Kier molecular flexibility index (Phi) is 4.01. The number of hydrogen-bond donors (Lipinski definition) is 0. The van der Waals surface area contributed by atoms with Gasteiger partial charge < -0.3 is 4.74 Å². The van der Waals surface area contributed by atoms with Crippen LogP contribution in [0.1, 0.15) is 16.0 Å². The summed E-state index contributed by atoms with van der Waals surface area (Å²) in [6, 6.07) is 14.3. The lowest BCUT2D eigenvalue weighted by molar-refractivity contribution is 0.415. The zero-order valence-electron chi connectivity index (χ0n) is 10.8. The van der Waals surface area contributed by atoms with Crippen LogP contribution >= 0.6 is 38.9 Å². The number of thiophene rings is 1. The molecule has 1 nitrogen and oxygen atoms in total. The fourth-order valence-electron chi connectivity index (χ4n) is 2.21. The second-order valence-electron chi connectivity index (χ2n) is 4.44. The first-order chi connectivity index (χ1) is 9.70. The van der Waals surface area contributed by atoms with Gasteiger partial charge >= 0.3 is 0 Å². The van der Waals surface area contributed by atoms with Crippen LogP contribution in [0, 0.1) is 0 Å². The fraction of sp³-hybridized carbons (Fsp3) is 0.125. The van der Waals surface area contributed by atoms with Gasteiger partial charge in [0.05, 0.1) is 17.0 Å². The Morgan fingerprint density at radius 3 is 2.75 bits per heavy atom. The van der Waals surface area contributed by atoms with E-state index >= 15 is 0 Å². The zero-order chi connectivity index (χ0) is 14.1. The van der Waals surface area contributed by atoms with Crippen LogP contribution in [0.25, 0.3) is 10.1 Å². The molecule has 3 rings (SSSR count). The number of rotatable bonds is 3. The fourth-order valence-corrected chi connectivity index (χ4v) is 4.31. The summed E-state index contributed by atoms with van der Waals surface area (Å²) in [5.74, 6) is 0.699. The van der Waals surface area contributed by atoms with Gasteiger partial charge in [0.15, 0.2) is 0 Å². The maximum atomic E-state index is 6.21. The second-order valence-corrected chi connectivity index (χ2v) is 6.68. The number of halogens is 2. The second kappa shape index (κ2) is 5.76. The number of alkyl halides is 1. The van der Waals surface area contributed by atoms with E-state index in [4.69, 9.17) is 16.3 Å². The van der Waals surface area contributed by atoms with Crippen molar-refractivity contribution < 1.29 is 4.74 Å². The summed E-state index contributed by atoms with van der Waals surface area (Å²) >= 11 is 11.8. The number of hydrogen-bond acceptors (Lipinski definition) is 2. The lowest BCUT2D eigenvalue weighted by Gasteiger charge is -2.12. The molecule has 0 aliphatic rings. The molecule has 0 N–H and O–H groups in total. The molecular formula is C16H12BrClOS.